The van der Waals surface area contributed by atoms with Crippen LogP contribution in [0, 0.1) is 10.1 Å². The van der Waals surface area contributed by atoms with Gasteiger partial charge in [0.05, 0.1) is 4.92 Å². The molecular weight excluding hydrogens is 340 g/mol. The van der Waals surface area contributed by atoms with E-state index in [2.05, 4.69) is 0 Å². The minimum Gasteiger partial charge on any atom is -0.483 e. The molecule has 1 aromatic heterocycles. The maximum Gasteiger partial charge on any atom is 0.293 e. The van der Waals surface area contributed by atoms with E-state index in [0.717, 1.165) is 0 Å². The van der Waals surface area contributed by atoms with Gasteiger partial charge in [-0.25, -0.2) is 0 Å². The number of hydrogen-bond donors (Lipinski definition) is 0. The normalized spacial score (nSPS) is 23.4. The molecule has 1 aliphatic rings. The predicted molar refractivity (Wildman–Crippen MR) is 92.2 cm³/mol. The van der Waals surface area contributed by atoms with E-state index in [-0.39, 0.29) is 11.2 Å². The molecule has 0 spiro atoms. The number of nitro groups is 1. The van der Waals surface area contributed by atoms with Crippen molar-refractivity contribution in [3.63, 3.8) is 0 Å². The van der Waals surface area contributed by atoms with Crippen LogP contribution in [0.5, 0.6) is 5.75 Å². The van der Waals surface area contributed by atoms with Crippen molar-refractivity contribution in [2.45, 2.75) is 38.0 Å². The third kappa shape index (κ3) is 2.54. The molecule has 1 aliphatic heterocycles. The predicted octanol–water partition coefficient (Wildman–Crippen LogP) is 2.45. The third-order valence-corrected chi connectivity index (χ3v) is 5.00. The lowest BCUT2D eigenvalue weighted by molar-refractivity contribution is -0.385. The molecule has 136 valence electrons. The maximum absolute atomic E-state index is 12.5. The van der Waals surface area contributed by atoms with Gasteiger partial charge in [0.2, 0.25) is 0 Å². The molecule has 3 rings (SSSR count). The van der Waals surface area contributed by atoms with E-state index in [1.807, 2.05) is 0 Å². The van der Waals surface area contributed by atoms with Crippen molar-refractivity contribution in [3.05, 3.63) is 68.6 Å². The number of nitrogens with zero attached hydrogens (tertiary/aromatic N) is 2. The standard InChI is InChI=1S/C18H18N2O6/c1-17(2)18(3,25-11-21)16(19-9-5-4-6-15(19)22)13-10-12(20(23)24)7-8-14(13)26-17/h4-11,16H,1-3H3. The Morgan fingerprint density at radius 3 is 2.62 bits per heavy atom. The summed E-state index contributed by atoms with van der Waals surface area (Å²) in [6, 6.07) is 8.01. The summed E-state index contributed by atoms with van der Waals surface area (Å²) in [7, 11) is 0. The van der Waals surface area contributed by atoms with E-state index in [0.29, 0.717) is 17.8 Å². The number of carbonyl (C=O) groups excluding carboxylic acids is 1. The van der Waals surface area contributed by atoms with E-state index in [1.54, 1.807) is 39.1 Å². The largest absolute Gasteiger partial charge is 0.483 e. The van der Waals surface area contributed by atoms with Crippen LogP contribution in [0.1, 0.15) is 32.4 Å². The number of nitro benzene ring substituents is 1. The van der Waals surface area contributed by atoms with Gasteiger partial charge < -0.3 is 14.0 Å². The summed E-state index contributed by atoms with van der Waals surface area (Å²) in [5.74, 6) is 0.397. The summed E-state index contributed by atoms with van der Waals surface area (Å²) in [6.07, 6.45) is 1.56. The van der Waals surface area contributed by atoms with Gasteiger partial charge in [-0.3, -0.25) is 19.7 Å². The number of non-ortho nitro benzene ring substituents is 1. The number of hydrogen-bond acceptors (Lipinski definition) is 6. The highest BCUT2D eigenvalue weighted by molar-refractivity contribution is 5.51. The van der Waals surface area contributed by atoms with E-state index in [4.69, 9.17) is 9.47 Å². The fourth-order valence-corrected chi connectivity index (χ4v) is 3.33. The molecule has 1 aromatic carbocycles. The fraction of sp³-hybridized carbons (Fsp3) is 0.333. The van der Waals surface area contributed by atoms with E-state index in [9.17, 15) is 19.7 Å². The monoisotopic (exact) mass is 358 g/mol. The van der Waals surface area contributed by atoms with Crippen LogP contribution in [-0.4, -0.2) is 27.2 Å². The SMILES string of the molecule is CC1(C)Oc2ccc([N+](=O)[O-])cc2C(n2ccccc2=O)C1(C)OC=O. The molecule has 0 amide bonds. The first-order chi connectivity index (χ1) is 12.2. The van der Waals surface area contributed by atoms with Crippen LogP contribution in [0.15, 0.2) is 47.4 Å². The van der Waals surface area contributed by atoms with Crippen molar-refractivity contribution in [1.29, 1.82) is 0 Å². The zero-order valence-electron chi connectivity index (χ0n) is 14.5. The number of rotatable bonds is 4. The first-order valence-electron chi connectivity index (χ1n) is 7.97. The van der Waals surface area contributed by atoms with E-state index < -0.39 is 22.2 Å². The van der Waals surface area contributed by atoms with Crippen LogP contribution in [0.2, 0.25) is 0 Å². The quantitative estimate of drug-likeness (QED) is 0.473. The summed E-state index contributed by atoms with van der Waals surface area (Å²) >= 11 is 0. The van der Waals surface area contributed by atoms with Crippen LogP contribution < -0.4 is 10.3 Å². The molecule has 8 heteroatoms. The number of aromatic nitrogens is 1. The van der Waals surface area contributed by atoms with Gasteiger partial charge in [0.25, 0.3) is 17.7 Å². The molecule has 0 aliphatic carbocycles. The zero-order valence-corrected chi connectivity index (χ0v) is 14.5. The Morgan fingerprint density at radius 1 is 1.27 bits per heavy atom. The van der Waals surface area contributed by atoms with Gasteiger partial charge in [0.15, 0.2) is 5.60 Å². The van der Waals surface area contributed by atoms with Gasteiger partial charge in [-0.05, 0) is 32.9 Å². The van der Waals surface area contributed by atoms with E-state index in [1.165, 1.54) is 28.8 Å². The molecule has 2 aromatic rings. The van der Waals surface area contributed by atoms with Crippen LogP contribution in [0.25, 0.3) is 0 Å². The third-order valence-electron chi connectivity index (χ3n) is 5.00. The average Bonchev–Trinajstić information content (AvgIpc) is 2.57. The first kappa shape index (κ1) is 17.7. The van der Waals surface area contributed by atoms with Crippen molar-refractivity contribution < 1.29 is 19.2 Å². The highest BCUT2D eigenvalue weighted by Crippen LogP contribution is 2.50. The van der Waals surface area contributed by atoms with E-state index >= 15 is 0 Å². The molecule has 0 bridgehead atoms. The Hall–Kier alpha value is -3.16. The summed E-state index contributed by atoms with van der Waals surface area (Å²) < 4.78 is 12.8. The molecule has 0 radical (unpaired) electrons. The molecule has 2 heterocycles. The molecule has 0 fully saturated rings. The van der Waals surface area contributed by atoms with Crippen LogP contribution in [-0.2, 0) is 9.53 Å². The summed E-state index contributed by atoms with van der Waals surface area (Å²) in [6.45, 7) is 5.42. The lowest BCUT2D eigenvalue weighted by atomic mass is 9.75. The molecule has 2 atom stereocenters. The highest BCUT2D eigenvalue weighted by Gasteiger charge is 2.57. The van der Waals surface area contributed by atoms with Gasteiger partial charge in [-0.2, -0.15) is 0 Å². The van der Waals surface area contributed by atoms with Gasteiger partial charge >= 0.3 is 0 Å². The van der Waals surface area contributed by atoms with Crippen molar-refractivity contribution in [2.24, 2.45) is 0 Å². The number of fused-ring (bicyclic) bond motifs is 1. The zero-order chi connectivity index (χ0) is 19.1. The minimum atomic E-state index is -1.29. The number of pyridine rings is 1. The Morgan fingerprint density at radius 2 is 2.00 bits per heavy atom. The molecule has 26 heavy (non-hydrogen) atoms. The first-order valence-corrected chi connectivity index (χ1v) is 7.97. The van der Waals surface area contributed by atoms with Gasteiger partial charge in [0, 0.05) is 30.0 Å². The van der Waals surface area contributed by atoms with Crippen LogP contribution in [0.4, 0.5) is 5.69 Å². The van der Waals surface area contributed by atoms with Gasteiger partial charge in [0.1, 0.15) is 17.4 Å². The lowest BCUT2D eigenvalue weighted by Crippen LogP contribution is -2.62. The molecule has 0 N–H and O–H groups in total. The van der Waals surface area contributed by atoms with Crippen molar-refractivity contribution >= 4 is 12.2 Å². The fourth-order valence-electron chi connectivity index (χ4n) is 3.33. The molecular formula is C18H18N2O6. The number of carbonyl (C=O) groups is 1. The summed E-state index contributed by atoms with van der Waals surface area (Å²) in [5.41, 5.74) is -2.36. The summed E-state index contributed by atoms with van der Waals surface area (Å²) in [5, 5.41) is 11.2. The Labute approximate surface area is 149 Å². The van der Waals surface area contributed by atoms with Crippen molar-refractivity contribution in [2.75, 3.05) is 0 Å². The van der Waals surface area contributed by atoms with Gasteiger partial charge in [-0.1, -0.05) is 6.07 Å². The molecule has 8 nitrogen and oxygen atoms in total. The minimum absolute atomic E-state index is 0.144. The van der Waals surface area contributed by atoms with Crippen LogP contribution in [0.3, 0.4) is 0 Å². The van der Waals surface area contributed by atoms with Crippen LogP contribution >= 0.6 is 0 Å². The average molecular weight is 358 g/mol. The molecule has 2 unspecified atom stereocenters. The highest BCUT2D eigenvalue weighted by atomic mass is 16.6. The van der Waals surface area contributed by atoms with Gasteiger partial charge in [-0.15, -0.1) is 0 Å². The molecule has 0 saturated carbocycles. The Balaban J connectivity index is 2.36. The maximum atomic E-state index is 12.5. The number of benzene rings is 1. The second-order valence-corrected chi connectivity index (χ2v) is 6.76. The van der Waals surface area contributed by atoms with Crippen molar-refractivity contribution in [3.8, 4) is 5.75 Å². The molecule has 0 saturated heterocycles. The Bertz CT molecular complexity index is 935. The van der Waals surface area contributed by atoms with Crippen molar-refractivity contribution in [1.82, 2.24) is 4.57 Å². The lowest BCUT2D eigenvalue weighted by Gasteiger charge is -2.51. The topological polar surface area (TPSA) is 101 Å². The summed E-state index contributed by atoms with van der Waals surface area (Å²) in [4.78, 5) is 34.4. The smallest absolute Gasteiger partial charge is 0.293 e. The number of ether oxygens (including phenoxy) is 2. The second-order valence-electron chi connectivity index (χ2n) is 6.76. The second kappa shape index (κ2) is 5.98. The Kier molecular flexibility index (Phi) is 4.06.